The molecule has 0 aromatic rings. The fourth-order valence-corrected chi connectivity index (χ4v) is 0. The lowest BCUT2D eigenvalue weighted by molar-refractivity contribution is 0.275. The molecule has 0 aromatic carbocycles. The normalized spacial score (nSPS) is 8.12. The molecule has 0 radical (unpaired) electrons. The molecule has 0 heterocycles. The van der Waals surface area contributed by atoms with Gasteiger partial charge in [-0.15, -0.1) is 0 Å². The van der Waals surface area contributed by atoms with Gasteiger partial charge in [0.25, 0.3) is 0 Å². The average molecular weight is 174 g/mol. The zero-order chi connectivity index (χ0) is 6.50. The van der Waals surface area contributed by atoms with Crippen LogP contribution in [-0.2, 0) is 4.57 Å². The maximum atomic E-state index is 8.88. The highest BCUT2D eigenvalue weighted by Gasteiger charge is 2.00. The van der Waals surface area contributed by atoms with Gasteiger partial charge >= 0.3 is 30.9 Å². The highest BCUT2D eigenvalue weighted by Crippen LogP contribution is 2.25. The first-order valence-electron chi connectivity index (χ1n) is 1.04. The van der Waals surface area contributed by atoms with Gasteiger partial charge in [-0.3, -0.25) is 0 Å². The number of hydrogen-bond donors (Lipinski definition) is 4. The lowest BCUT2D eigenvalue weighted by Crippen LogP contribution is -1.66. The lowest BCUT2D eigenvalue weighted by Gasteiger charge is -1.82. The highest BCUT2D eigenvalue weighted by molar-refractivity contribution is 7.45. The second-order valence-electron chi connectivity index (χ2n) is 0.513. The van der Waals surface area contributed by atoms with Gasteiger partial charge in [0.1, 0.15) is 0 Å². The number of hydrogen-bond acceptors (Lipinski definition) is 2. The molecule has 50 valence electrons. The van der Waals surface area contributed by atoms with Crippen LogP contribution < -0.4 is 0 Å². The Morgan fingerprint density at radius 3 is 1.12 bits per heavy atom. The van der Waals surface area contributed by atoms with Crippen molar-refractivity contribution in [3.8, 4) is 0 Å². The third-order valence-electron chi connectivity index (χ3n) is 0. The Kier molecular flexibility index (Phi) is 16.7. The third-order valence-corrected chi connectivity index (χ3v) is 0. The summed E-state index contributed by atoms with van der Waals surface area (Å²) >= 11 is 0. The molecule has 0 amide bonds. The minimum Gasteiger partial charge on any atom is -0.380 e. The lowest BCUT2D eigenvalue weighted by atomic mass is 15.8. The van der Waals surface area contributed by atoms with Gasteiger partial charge in [-0.2, -0.15) is 0 Å². The molecule has 0 aliphatic carbocycles. The quantitative estimate of drug-likeness (QED) is 0.250. The standard InChI is InChI=1S/Mg.H3O4P.H3OP.2H/c;1-5(2,3)4;1-2;;/h;(H3,1,2,3,4);1H,2H2;;. The summed E-state index contributed by atoms with van der Waals surface area (Å²) in [5.41, 5.74) is 0. The predicted molar refractivity (Wildman–Crippen MR) is 34.7 cm³/mol. The summed E-state index contributed by atoms with van der Waals surface area (Å²) in [6.45, 7) is 0. The van der Waals surface area contributed by atoms with E-state index in [-0.39, 0.29) is 23.1 Å². The van der Waals surface area contributed by atoms with Crippen LogP contribution in [0.3, 0.4) is 0 Å². The van der Waals surface area contributed by atoms with Gasteiger partial charge in [0, 0.05) is 0 Å². The molecule has 1 unspecified atom stereocenters. The molecule has 0 aliphatic heterocycles. The fourth-order valence-electron chi connectivity index (χ4n) is 0. The van der Waals surface area contributed by atoms with Crippen molar-refractivity contribution in [2.45, 2.75) is 0 Å². The van der Waals surface area contributed by atoms with Gasteiger partial charge in [0.2, 0.25) is 0 Å². The predicted octanol–water partition coefficient (Wildman–Crippen LogP) is -2.08. The molecule has 4 N–H and O–H groups in total. The Labute approximate surface area is 64.8 Å². The van der Waals surface area contributed by atoms with Crippen LogP contribution in [0.2, 0.25) is 0 Å². The summed E-state index contributed by atoms with van der Waals surface area (Å²) in [5, 5.41) is 0. The Bertz CT molecular complexity index is 56.6. The van der Waals surface area contributed by atoms with Gasteiger partial charge in [0.05, 0.1) is 0 Å². The van der Waals surface area contributed by atoms with Crippen molar-refractivity contribution in [3.05, 3.63) is 0 Å². The van der Waals surface area contributed by atoms with Gasteiger partial charge < -0.3 is 19.6 Å². The molecule has 8 heteroatoms. The van der Waals surface area contributed by atoms with E-state index in [1.165, 1.54) is 9.47 Å². The minimum atomic E-state index is -4.64. The zero-order valence-electron chi connectivity index (χ0n) is 3.22. The first kappa shape index (κ1) is 16.1. The maximum Gasteiger partial charge on any atom is 0.466 e. The van der Waals surface area contributed by atoms with E-state index >= 15 is 0 Å². The summed E-state index contributed by atoms with van der Waals surface area (Å²) in [4.78, 5) is 28.5. The molecule has 0 saturated carbocycles. The minimum absolute atomic E-state index is 0. The second-order valence-corrected chi connectivity index (χ2v) is 1.54. The SMILES string of the molecule is O=P(O)(O)O.OP.[MgH2]. The molecule has 0 aliphatic rings. The monoisotopic (exact) mass is 174 g/mol. The van der Waals surface area contributed by atoms with Crippen LogP contribution in [0.1, 0.15) is 0 Å². The molecule has 1 atom stereocenters. The smallest absolute Gasteiger partial charge is 0.380 e. The van der Waals surface area contributed by atoms with E-state index in [2.05, 4.69) is 0 Å². The van der Waals surface area contributed by atoms with E-state index in [0.29, 0.717) is 0 Å². The second kappa shape index (κ2) is 8.27. The van der Waals surface area contributed by atoms with Crippen molar-refractivity contribution < 1.29 is 24.1 Å². The largest absolute Gasteiger partial charge is 0.466 e. The van der Waals surface area contributed by atoms with Crippen LogP contribution in [0.5, 0.6) is 0 Å². The van der Waals surface area contributed by atoms with Crippen molar-refractivity contribution in [2.75, 3.05) is 0 Å². The van der Waals surface area contributed by atoms with Crippen LogP contribution in [0.25, 0.3) is 0 Å². The summed E-state index contributed by atoms with van der Waals surface area (Å²) < 4.78 is 8.88. The first-order valence-corrected chi connectivity index (χ1v) is 3.12. The van der Waals surface area contributed by atoms with E-state index in [9.17, 15) is 0 Å². The molecule has 5 nitrogen and oxygen atoms in total. The molecule has 0 rings (SSSR count). The van der Waals surface area contributed by atoms with Crippen LogP contribution in [-0.4, -0.2) is 42.6 Å². The summed E-state index contributed by atoms with van der Waals surface area (Å²) in [5.74, 6) is 0. The van der Waals surface area contributed by atoms with Crippen LogP contribution >= 0.6 is 17.3 Å². The molecular formula is H8MgO5P2. The third kappa shape index (κ3) is 178. The van der Waals surface area contributed by atoms with E-state index < -0.39 is 7.82 Å². The van der Waals surface area contributed by atoms with Gasteiger partial charge in [-0.05, 0) is 9.47 Å². The maximum absolute atomic E-state index is 8.88. The molecule has 0 saturated heterocycles. The van der Waals surface area contributed by atoms with Crippen molar-refractivity contribution in [3.63, 3.8) is 0 Å². The van der Waals surface area contributed by atoms with E-state index in [1.54, 1.807) is 0 Å². The van der Waals surface area contributed by atoms with Crippen molar-refractivity contribution >= 4 is 40.3 Å². The Hall–Kier alpha value is 1.27. The Morgan fingerprint density at radius 2 is 1.12 bits per heavy atom. The molecule has 8 heavy (non-hydrogen) atoms. The topological polar surface area (TPSA) is 98.0 Å². The van der Waals surface area contributed by atoms with Gasteiger partial charge in [-0.25, -0.2) is 4.57 Å². The van der Waals surface area contributed by atoms with Crippen LogP contribution in [0.15, 0.2) is 0 Å². The summed E-state index contributed by atoms with van der Waals surface area (Å²) in [6, 6.07) is 0. The Balaban J connectivity index is -0.0000000750. The van der Waals surface area contributed by atoms with Crippen LogP contribution in [0, 0.1) is 0 Å². The van der Waals surface area contributed by atoms with E-state index in [4.69, 9.17) is 24.1 Å². The summed E-state index contributed by atoms with van der Waals surface area (Å²) in [6.07, 6.45) is 0. The zero-order valence-corrected chi connectivity index (χ0v) is 5.27. The molecule has 0 aromatic heterocycles. The fraction of sp³-hybridized carbons (Fsp3) is 0. The van der Waals surface area contributed by atoms with Gasteiger partial charge in [0.15, 0.2) is 0 Å². The average Bonchev–Trinajstić information content (AvgIpc) is 1.36. The summed E-state index contributed by atoms with van der Waals surface area (Å²) in [7, 11) is -3.22. The first-order chi connectivity index (χ1) is 3.00. The number of phosphoric acid groups is 1. The van der Waals surface area contributed by atoms with Crippen molar-refractivity contribution in [1.82, 2.24) is 0 Å². The van der Waals surface area contributed by atoms with Gasteiger partial charge in [-0.1, -0.05) is 0 Å². The van der Waals surface area contributed by atoms with Crippen molar-refractivity contribution in [1.29, 1.82) is 0 Å². The molecule has 0 bridgehead atoms. The van der Waals surface area contributed by atoms with Crippen molar-refractivity contribution in [2.24, 2.45) is 0 Å². The molecule has 0 fully saturated rings. The number of rotatable bonds is 0. The van der Waals surface area contributed by atoms with Crippen LogP contribution in [0.4, 0.5) is 0 Å². The molecule has 0 spiro atoms. The molecular weight excluding hydrogens is 166 g/mol. The Morgan fingerprint density at radius 1 is 1.12 bits per heavy atom. The van der Waals surface area contributed by atoms with E-state index in [1.807, 2.05) is 0 Å². The highest BCUT2D eigenvalue weighted by atomic mass is 31.2. The van der Waals surface area contributed by atoms with E-state index in [0.717, 1.165) is 0 Å².